The first-order chi connectivity index (χ1) is 18.1. The minimum atomic E-state index is -0.718. The predicted octanol–water partition coefficient (Wildman–Crippen LogP) is 5.65. The molecule has 0 bridgehead atoms. The number of phenolic OH excluding ortho intramolecular Hbond substituents is 2. The highest BCUT2D eigenvalue weighted by Gasteiger charge is 2.52. The average Bonchev–Trinajstić information content (AvgIpc) is 3.31. The summed E-state index contributed by atoms with van der Waals surface area (Å²) in [4.78, 5) is 12.8. The fourth-order valence-electron chi connectivity index (χ4n) is 4.86. The van der Waals surface area contributed by atoms with Crippen molar-refractivity contribution in [2.24, 2.45) is 0 Å². The van der Waals surface area contributed by atoms with Crippen LogP contribution in [0, 0.1) is 0 Å². The molecule has 0 saturated carbocycles. The van der Waals surface area contributed by atoms with Gasteiger partial charge in [0.05, 0.1) is 11.2 Å². The number of nitrogens with one attached hydrogen (secondary N) is 1. The zero-order valence-electron chi connectivity index (χ0n) is 22.0. The van der Waals surface area contributed by atoms with Crippen LogP contribution in [-0.2, 0) is 14.0 Å². The molecule has 0 unspecified atom stereocenters. The first-order valence-electron chi connectivity index (χ1n) is 12.7. The molecule has 1 saturated heterocycles. The number of fused-ring (bicyclic) bond motifs is 3. The van der Waals surface area contributed by atoms with Crippen molar-refractivity contribution in [3.8, 4) is 22.6 Å². The maximum atomic E-state index is 12.8. The van der Waals surface area contributed by atoms with Crippen molar-refractivity contribution in [1.29, 1.82) is 0 Å². The number of carbonyl (C=O) groups is 1. The van der Waals surface area contributed by atoms with Crippen molar-refractivity contribution in [1.82, 2.24) is 5.32 Å². The van der Waals surface area contributed by atoms with E-state index in [0.717, 1.165) is 11.1 Å². The van der Waals surface area contributed by atoms with Crippen LogP contribution >= 0.6 is 0 Å². The lowest BCUT2D eigenvalue weighted by Crippen LogP contribution is -2.41. The Morgan fingerprint density at radius 1 is 0.921 bits per heavy atom. The number of aromatic hydroxyl groups is 2. The molecule has 1 aliphatic heterocycles. The average molecular weight is 513 g/mol. The fraction of sp³-hybridized carbons (Fsp3) is 0.300. The van der Waals surface area contributed by atoms with Crippen molar-refractivity contribution in [3.63, 3.8) is 0 Å². The van der Waals surface area contributed by atoms with Gasteiger partial charge in [-0.15, -0.1) is 0 Å². The number of phenols is 2. The topological polar surface area (TPSA) is 97.2 Å². The van der Waals surface area contributed by atoms with Crippen LogP contribution in [0.1, 0.15) is 50.3 Å². The van der Waals surface area contributed by atoms with Gasteiger partial charge >= 0.3 is 13.2 Å². The second-order valence-corrected chi connectivity index (χ2v) is 10.7. The molecular weight excluding hydrogens is 481 g/mol. The third kappa shape index (κ3) is 4.89. The first-order valence-corrected chi connectivity index (χ1v) is 12.7. The molecule has 5 rings (SSSR count). The van der Waals surface area contributed by atoms with Crippen molar-refractivity contribution in [2.45, 2.75) is 44.8 Å². The summed E-state index contributed by atoms with van der Waals surface area (Å²) in [6.07, 6.45) is 1.22. The number of carbonyl (C=O) groups excluding carboxylic acids is 1. The van der Waals surface area contributed by atoms with Gasteiger partial charge in [-0.2, -0.15) is 0 Å². The molecule has 38 heavy (non-hydrogen) atoms. The Hall–Kier alpha value is -3.75. The molecule has 0 radical (unpaired) electrons. The quantitative estimate of drug-likeness (QED) is 0.291. The highest BCUT2D eigenvalue weighted by molar-refractivity contribution is 6.56. The largest absolute Gasteiger partial charge is 0.504 e. The van der Waals surface area contributed by atoms with Crippen molar-refractivity contribution in [3.05, 3.63) is 88.9 Å². The van der Waals surface area contributed by atoms with Crippen LogP contribution < -0.4 is 5.32 Å². The molecule has 2 aliphatic rings. The van der Waals surface area contributed by atoms with E-state index in [1.54, 1.807) is 12.1 Å². The Morgan fingerprint density at radius 2 is 1.50 bits per heavy atom. The van der Waals surface area contributed by atoms with E-state index in [2.05, 4.69) is 29.6 Å². The second-order valence-electron chi connectivity index (χ2n) is 10.7. The lowest BCUT2D eigenvalue weighted by Gasteiger charge is -2.32. The van der Waals surface area contributed by atoms with E-state index in [1.807, 2.05) is 52.0 Å². The molecule has 1 aliphatic carbocycles. The van der Waals surface area contributed by atoms with E-state index in [9.17, 15) is 15.0 Å². The number of ether oxygens (including phenoxy) is 1. The van der Waals surface area contributed by atoms with E-state index in [0.29, 0.717) is 11.0 Å². The zero-order valence-corrected chi connectivity index (χ0v) is 22.0. The van der Waals surface area contributed by atoms with Gasteiger partial charge in [-0.25, -0.2) is 4.79 Å². The fourth-order valence-corrected chi connectivity index (χ4v) is 4.86. The molecule has 0 aromatic heterocycles. The molecule has 3 aromatic carbocycles. The SMILES string of the molecule is CC1(C)OB(C(=Cc2ccc(O)c(O)c2)CNC(=O)OCC2c3ccccc3-c3ccccc32)OC1(C)C. The third-order valence-corrected chi connectivity index (χ3v) is 7.69. The van der Waals surface area contributed by atoms with Gasteiger partial charge in [0.25, 0.3) is 0 Å². The van der Waals surface area contributed by atoms with Crippen LogP contribution in [0.15, 0.2) is 72.2 Å². The first kappa shape index (κ1) is 25.9. The van der Waals surface area contributed by atoms with Gasteiger partial charge < -0.3 is 29.6 Å². The summed E-state index contributed by atoms with van der Waals surface area (Å²) in [5.74, 6) is -0.487. The van der Waals surface area contributed by atoms with Crippen LogP contribution in [0.5, 0.6) is 11.5 Å². The Kier molecular flexibility index (Phi) is 6.71. The van der Waals surface area contributed by atoms with Crippen LogP contribution in [-0.4, -0.2) is 47.8 Å². The summed E-state index contributed by atoms with van der Waals surface area (Å²) in [5.41, 5.74) is 4.75. The molecule has 196 valence electrons. The van der Waals surface area contributed by atoms with E-state index in [1.165, 1.54) is 23.3 Å². The van der Waals surface area contributed by atoms with Crippen molar-refractivity contribution in [2.75, 3.05) is 13.2 Å². The van der Waals surface area contributed by atoms with Gasteiger partial charge in [0.2, 0.25) is 0 Å². The highest BCUT2D eigenvalue weighted by atomic mass is 16.7. The summed E-state index contributed by atoms with van der Waals surface area (Å²) < 4.78 is 18.1. The molecule has 0 spiro atoms. The molecule has 3 N–H and O–H groups in total. The van der Waals surface area contributed by atoms with Gasteiger partial charge in [0, 0.05) is 12.5 Å². The number of rotatable bonds is 6. The van der Waals surface area contributed by atoms with Crippen LogP contribution in [0.2, 0.25) is 0 Å². The number of alkyl carbamates (subject to hydrolysis) is 1. The Balaban J connectivity index is 1.30. The summed E-state index contributed by atoms with van der Waals surface area (Å²) in [6.45, 7) is 8.13. The van der Waals surface area contributed by atoms with Crippen LogP contribution in [0.25, 0.3) is 17.2 Å². The summed E-state index contributed by atoms with van der Waals surface area (Å²) >= 11 is 0. The maximum absolute atomic E-state index is 12.8. The third-order valence-electron chi connectivity index (χ3n) is 7.69. The zero-order chi connectivity index (χ0) is 27.1. The molecule has 7 nitrogen and oxygen atoms in total. The summed E-state index contributed by atoms with van der Waals surface area (Å²) in [6, 6.07) is 20.9. The molecule has 1 amide bonds. The second kappa shape index (κ2) is 9.85. The summed E-state index contributed by atoms with van der Waals surface area (Å²) in [7, 11) is -0.718. The molecule has 1 heterocycles. The van der Waals surface area contributed by atoms with E-state index >= 15 is 0 Å². The van der Waals surface area contributed by atoms with Gasteiger partial charge in [-0.3, -0.25) is 0 Å². The van der Waals surface area contributed by atoms with Crippen molar-refractivity contribution >= 4 is 19.3 Å². The Morgan fingerprint density at radius 3 is 2.08 bits per heavy atom. The monoisotopic (exact) mass is 513 g/mol. The van der Waals surface area contributed by atoms with Gasteiger partial charge in [-0.1, -0.05) is 60.7 Å². The van der Waals surface area contributed by atoms with Gasteiger partial charge in [0.1, 0.15) is 6.61 Å². The Labute approximate surface area is 223 Å². The molecular formula is C30H32BNO6. The van der Waals surface area contributed by atoms with Gasteiger partial charge in [-0.05, 0) is 73.1 Å². The van der Waals surface area contributed by atoms with Gasteiger partial charge in [0.15, 0.2) is 11.5 Å². The predicted molar refractivity (Wildman–Crippen MR) is 147 cm³/mol. The van der Waals surface area contributed by atoms with Crippen LogP contribution in [0.4, 0.5) is 4.79 Å². The number of hydrogen-bond acceptors (Lipinski definition) is 6. The van der Waals surface area contributed by atoms with E-state index in [4.69, 9.17) is 14.0 Å². The summed E-state index contributed by atoms with van der Waals surface area (Å²) in [5, 5.41) is 22.5. The molecule has 0 atom stereocenters. The number of benzene rings is 3. The van der Waals surface area contributed by atoms with Crippen LogP contribution in [0.3, 0.4) is 0 Å². The number of hydrogen-bond donors (Lipinski definition) is 3. The lowest BCUT2D eigenvalue weighted by molar-refractivity contribution is 0.00578. The smallest absolute Gasteiger partial charge is 0.492 e. The number of amides is 1. The molecule has 8 heteroatoms. The Bertz CT molecular complexity index is 1340. The van der Waals surface area contributed by atoms with E-state index < -0.39 is 24.4 Å². The normalized spacial score (nSPS) is 17.7. The minimum Gasteiger partial charge on any atom is -0.504 e. The lowest BCUT2D eigenvalue weighted by atomic mass is 9.77. The molecule has 3 aromatic rings. The van der Waals surface area contributed by atoms with E-state index in [-0.39, 0.29) is 30.6 Å². The maximum Gasteiger partial charge on any atom is 0.492 e. The van der Waals surface area contributed by atoms with Crippen molar-refractivity contribution < 1.29 is 29.1 Å². The standard InChI is InChI=1S/C30H32BNO6/c1-29(2)30(3,4)38-31(37-29)20(15-19-13-14-26(33)27(34)16-19)17-32-28(35)36-18-25-23-11-7-5-9-21(23)22-10-6-8-12-24(22)25/h5-16,25,33-34H,17-18H2,1-4H3,(H,32,35). The molecule has 1 fully saturated rings. The highest BCUT2D eigenvalue weighted by Crippen LogP contribution is 2.44. The minimum absolute atomic E-state index is 0.0359.